The molecular weight excluding hydrogens is 471 g/mol. The van der Waals surface area contributed by atoms with E-state index in [2.05, 4.69) is 5.16 Å². The summed E-state index contributed by atoms with van der Waals surface area (Å²) in [6.07, 6.45) is -4.63. The highest BCUT2D eigenvalue weighted by Crippen LogP contribution is 2.40. The lowest BCUT2D eigenvalue weighted by molar-refractivity contribution is -0.137. The first-order valence-electron chi connectivity index (χ1n) is 11.3. The van der Waals surface area contributed by atoms with Gasteiger partial charge in [0.1, 0.15) is 23.8 Å². The Morgan fingerprint density at radius 1 is 0.972 bits per heavy atom. The summed E-state index contributed by atoms with van der Waals surface area (Å²) < 4.78 is 52.7. The monoisotopic (exact) mass is 495 g/mol. The van der Waals surface area contributed by atoms with E-state index in [4.69, 9.17) is 14.4 Å². The molecule has 4 rings (SSSR count). The predicted molar refractivity (Wildman–Crippen MR) is 129 cm³/mol. The van der Waals surface area contributed by atoms with Gasteiger partial charge in [-0.1, -0.05) is 79.7 Å². The summed E-state index contributed by atoms with van der Waals surface area (Å²) in [5.41, 5.74) is 1.94. The topological polar surface area (TPSA) is 72.6 Å². The van der Waals surface area contributed by atoms with Crippen LogP contribution in [-0.2, 0) is 24.0 Å². The fraction of sp³-hybridized carbons (Fsp3) is 0.214. The first-order valence-corrected chi connectivity index (χ1v) is 11.3. The van der Waals surface area contributed by atoms with Gasteiger partial charge in [0.05, 0.1) is 17.5 Å². The number of carbonyl (C=O) groups is 1. The van der Waals surface area contributed by atoms with Crippen LogP contribution in [0.3, 0.4) is 0 Å². The molecule has 0 aliphatic carbocycles. The van der Waals surface area contributed by atoms with Gasteiger partial charge in [-0.2, -0.15) is 13.2 Å². The Bertz CT molecular complexity index is 1360. The summed E-state index contributed by atoms with van der Waals surface area (Å²) in [5, 5.41) is 13.0. The lowest BCUT2D eigenvalue weighted by Gasteiger charge is -2.15. The van der Waals surface area contributed by atoms with Crippen molar-refractivity contribution in [3.05, 3.63) is 95.2 Å². The molecule has 3 aromatic carbocycles. The van der Waals surface area contributed by atoms with Crippen molar-refractivity contribution in [1.82, 2.24) is 5.16 Å². The van der Waals surface area contributed by atoms with Crippen LogP contribution in [0.2, 0.25) is 0 Å². The van der Waals surface area contributed by atoms with E-state index in [9.17, 15) is 18.0 Å². The van der Waals surface area contributed by atoms with Crippen LogP contribution in [0.4, 0.5) is 13.2 Å². The van der Waals surface area contributed by atoms with Crippen LogP contribution in [0.15, 0.2) is 77.3 Å². The molecule has 1 aromatic heterocycles. The average molecular weight is 495 g/mol. The van der Waals surface area contributed by atoms with E-state index < -0.39 is 17.7 Å². The molecule has 0 radical (unpaired) electrons. The van der Waals surface area contributed by atoms with Crippen molar-refractivity contribution >= 4 is 5.97 Å². The lowest BCUT2D eigenvalue weighted by atomic mass is 9.97. The normalized spacial score (nSPS) is 11.6. The molecule has 8 heteroatoms. The molecule has 36 heavy (non-hydrogen) atoms. The number of carboxylic acid groups (broad SMARTS) is 1. The summed E-state index contributed by atoms with van der Waals surface area (Å²) in [6, 6.07) is 19.6. The Balaban J connectivity index is 1.68. The number of aliphatic carboxylic acids is 1. The Morgan fingerprint density at radius 2 is 1.61 bits per heavy atom. The molecule has 0 spiro atoms. The first kappa shape index (κ1) is 25.0. The summed E-state index contributed by atoms with van der Waals surface area (Å²) in [5.74, 6) is -0.0593. The van der Waals surface area contributed by atoms with Crippen molar-refractivity contribution in [3.63, 3.8) is 0 Å². The second kappa shape index (κ2) is 10.3. The third-order valence-electron chi connectivity index (χ3n) is 5.71. The highest BCUT2D eigenvalue weighted by molar-refractivity contribution is 5.73. The van der Waals surface area contributed by atoms with Crippen molar-refractivity contribution in [2.45, 2.75) is 39.0 Å². The smallest absolute Gasteiger partial charge is 0.417 e. The van der Waals surface area contributed by atoms with E-state index in [0.29, 0.717) is 22.6 Å². The summed E-state index contributed by atoms with van der Waals surface area (Å²) in [7, 11) is 0. The van der Waals surface area contributed by atoms with Crippen LogP contribution in [0, 0.1) is 0 Å². The molecule has 0 fully saturated rings. The Hall–Kier alpha value is -4.07. The molecule has 0 saturated carbocycles. The average Bonchev–Trinajstić information content (AvgIpc) is 3.27. The van der Waals surface area contributed by atoms with Crippen molar-refractivity contribution in [3.8, 4) is 28.1 Å². The molecule has 0 aliphatic rings. The van der Waals surface area contributed by atoms with Crippen LogP contribution in [0.5, 0.6) is 5.75 Å². The lowest BCUT2D eigenvalue weighted by Crippen LogP contribution is -2.08. The largest absolute Gasteiger partial charge is 0.488 e. The number of para-hydroxylation sites is 1. The number of hydrogen-bond donors (Lipinski definition) is 1. The number of nitrogens with zero attached hydrogens (tertiary/aromatic N) is 1. The molecule has 1 N–H and O–H groups in total. The van der Waals surface area contributed by atoms with Gasteiger partial charge in [-0.15, -0.1) is 0 Å². The SMILES string of the molecule is CC(C)c1onc(-c2ccccc2C(F)(F)F)c1COc1ccccc1-c1ccc(CC(=O)O)cc1. The second-order valence-electron chi connectivity index (χ2n) is 8.62. The number of alkyl halides is 3. The zero-order valence-electron chi connectivity index (χ0n) is 19.7. The first-order chi connectivity index (χ1) is 17.1. The molecule has 0 bridgehead atoms. The van der Waals surface area contributed by atoms with Gasteiger partial charge in [0.25, 0.3) is 0 Å². The molecule has 186 valence electrons. The molecular formula is C28H24F3NO4. The fourth-order valence-corrected chi connectivity index (χ4v) is 4.02. The number of benzene rings is 3. The molecule has 0 aliphatic heterocycles. The minimum atomic E-state index is -4.55. The van der Waals surface area contributed by atoms with Crippen LogP contribution in [0.25, 0.3) is 22.4 Å². The Labute approximate surface area is 206 Å². The minimum absolute atomic E-state index is 0.0490. The van der Waals surface area contributed by atoms with Gasteiger partial charge in [0.2, 0.25) is 0 Å². The Kier molecular flexibility index (Phi) is 7.15. The maximum absolute atomic E-state index is 13.7. The number of hydrogen-bond acceptors (Lipinski definition) is 4. The summed E-state index contributed by atoms with van der Waals surface area (Å²) >= 11 is 0. The minimum Gasteiger partial charge on any atom is -0.488 e. The van der Waals surface area contributed by atoms with Crippen molar-refractivity contribution in [2.24, 2.45) is 0 Å². The summed E-state index contributed by atoms with van der Waals surface area (Å²) in [6.45, 7) is 3.69. The zero-order valence-corrected chi connectivity index (χ0v) is 19.7. The third kappa shape index (κ3) is 5.43. The van der Waals surface area contributed by atoms with Gasteiger partial charge < -0.3 is 14.4 Å². The van der Waals surface area contributed by atoms with Crippen LogP contribution in [-0.4, -0.2) is 16.2 Å². The van der Waals surface area contributed by atoms with Gasteiger partial charge >= 0.3 is 12.1 Å². The van der Waals surface area contributed by atoms with Gasteiger partial charge in [-0.25, -0.2) is 0 Å². The van der Waals surface area contributed by atoms with E-state index in [0.717, 1.165) is 17.2 Å². The van der Waals surface area contributed by atoms with Crippen molar-refractivity contribution in [2.75, 3.05) is 0 Å². The number of halogens is 3. The van der Waals surface area contributed by atoms with Crippen molar-refractivity contribution in [1.29, 1.82) is 0 Å². The van der Waals surface area contributed by atoms with Crippen LogP contribution < -0.4 is 4.74 Å². The highest BCUT2D eigenvalue weighted by atomic mass is 19.4. The molecule has 0 amide bonds. The molecule has 4 aromatic rings. The molecule has 0 saturated heterocycles. The number of aromatic nitrogens is 1. The van der Waals surface area contributed by atoms with Gasteiger partial charge in [0, 0.05) is 17.0 Å². The molecule has 0 unspecified atom stereocenters. The highest BCUT2D eigenvalue weighted by Gasteiger charge is 2.35. The van der Waals surface area contributed by atoms with Crippen LogP contribution in [0.1, 0.15) is 42.2 Å². The predicted octanol–water partition coefficient (Wildman–Crippen LogP) is 7.36. The quantitative estimate of drug-likeness (QED) is 0.277. The van der Waals surface area contributed by atoms with Crippen LogP contribution >= 0.6 is 0 Å². The molecule has 5 nitrogen and oxygen atoms in total. The van der Waals surface area contributed by atoms with Crippen molar-refractivity contribution < 1.29 is 32.3 Å². The zero-order chi connectivity index (χ0) is 25.9. The number of carboxylic acids is 1. The fourth-order valence-electron chi connectivity index (χ4n) is 4.02. The Morgan fingerprint density at radius 3 is 2.25 bits per heavy atom. The number of rotatable bonds is 8. The van der Waals surface area contributed by atoms with E-state index >= 15 is 0 Å². The van der Waals surface area contributed by atoms with E-state index in [1.165, 1.54) is 18.2 Å². The molecule has 1 heterocycles. The second-order valence-corrected chi connectivity index (χ2v) is 8.62. The number of ether oxygens (including phenoxy) is 1. The van der Waals surface area contributed by atoms with E-state index in [-0.39, 0.29) is 30.2 Å². The third-order valence-corrected chi connectivity index (χ3v) is 5.71. The van der Waals surface area contributed by atoms with Gasteiger partial charge in [-0.3, -0.25) is 4.79 Å². The standard InChI is InChI=1S/C28H24F3NO4/c1-17(2)27-22(26(32-36-27)21-8-3-5-9-23(21)28(29,30)31)16-35-24-10-6-4-7-20(24)19-13-11-18(12-14-19)15-25(33)34/h3-14,17H,15-16H2,1-2H3,(H,33,34). The van der Waals surface area contributed by atoms with E-state index in [1.54, 1.807) is 24.3 Å². The maximum atomic E-state index is 13.7. The van der Waals surface area contributed by atoms with Gasteiger partial charge in [-0.05, 0) is 23.3 Å². The maximum Gasteiger partial charge on any atom is 0.417 e. The van der Waals surface area contributed by atoms with E-state index in [1.807, 2.05) is 38.1 Å². The summed E-state index contributed by atoms with van der Waals surface area (Å²) in [4.78, 5) is 11.0. The molecule has 0 atom stereocenters. The van der Waals surface area contributed by atoms with Gasteiger partial charge in [0.15, 0.2) is 0 Å².